The molecule has 0 aromatic heterocycles. The van der Waals surface area contributed by atoms with Crippen molar-refractivity contribution in [2.24, 2.45) is 5.92 Å². The molecule has 1 aromatic carbocycles. The number of nitrogens with one attached hydrogen (secondary N) is 2. The highest BCUT2D eigenvalue weighted by atomic mass is 32.2. The number of hydrogen-bond donors (Lipinski definition) is 4. The molecule has 29 heavy (non-hydrogen) atoms. The van der Waals surface area contributed by atoms with Gasteiger partial charge in [0.05, 0.1) is 16.0 Å². The van der Waals surface area contributed by atoms with Gasteiger partial charge in [0.1, 0.15) is 12.1 Å². The molecule has 0 aliphatic carbocycles. The minimum Gasteiger partial charge on any atom is -0.480 e. The number of carboxylic acid groups (broad SMARTS) is 2. The molecule has 2 saturated heterocycles. The Balaban J connectivity index is 1.69. The first-order chi connectivity index (χ1) is 13.8. The number of aliphatic carboxylic acids is 2. The van der Waals surface area contributed by atoms with E-state index in [4.69, 9.17) is 0 Å². The van der Waals surface area contributed by atoms with Gasteiger partial charge in [-0.2, -0.15) is 0 Å². The maximum absolute atomic E-state index is 13.3. The van der Waals surface area contributed by atoms with Crippen molar-refractivity contribution in [3.8, 4) is 0 Å². The highest BCUT2D eigenvalue weighted by Gasteiger charge is 2.57. The van der Waals surface area contributed by atoms with Gasteiger partial charge in [-0.05, 0) is 25.3 Å². The van der Waals surface area contributed by atoms with Crippen LogP contribution < -0.4 is 10.6 Å². The molecule has 2 aliphatic rings. The van der Waals surface area contributed by atoms with E-state index in [0.717, 1.165) is 17.1 Å². The van der Waals surface area contributed by atoms with E-state index in [-0.39, 0.29) is 5.78 Å². The zero-order valence-corrected chi connectivity index (χ0v) is 17.8. The van der Waals surface area contributed by atoms with Crippen LogP contribution in [-0.4, -0.2) is 68.2 Å². The highest BCUT2D eigenvalue weighted by molar-refractivity contribution is 8.21. The van der Waals surface area contributed by atoms with Gasteiger partial charge in [-0.25, -0.2) is 0 Å². The van der Waals surface area contributed by atoms with Gasteiger partial charge in [-0.3, -0.25) is 19.7 Å². The maximum Gasteiger partial charge on any atom is 0.321 e. The van der Waals surface area contributed by atoms with Crippen molar-refractivity contribution in [3.63, 3.8) is 0 Å². The summed E-state index contributed by atoms with van der Waals surface area (Å²) in [6.07, 6.45) is 0.918. The smallest absolute Gasteiger partial charge is 0.321 e. The highest BCUT2D eigenvalue weighted by Crippen LogP contribution is 2.53. The van der Waals surface area contributed by atoms with Crippen LogP contribution in [0.5, 0.6) is 0 Å². The van der Waals surface area contributed by atoms with Crippen molar-refractivity contribution in [2.45, 2.75) is 42.0 Å². The predicted molar refractivity (Wildman–Crippen MR) is 114 cm³/mol. The number of carbonyl (C=O) groups excluding carboxylic acids is 1. The third-order valence-electron chi connectivity index (χ3n) is 5.46. The number of ketones is 1. The van der Waals surface area contributed by atoms with Crippen LogP contribution in [0.1, 0.15) is 18.9 Å². The molecule has 4 atom stereocenters. The monoisotopic (exact) mass is 438 g/mol. The first-order valence-electron chi connectivity index (χ1n) is 9.64. The van der Waals surface area contributed by atoms with Crippen molar-refractivity contribution >= 4 is 41.2 Å². The molecule has 2 heterocycles. The second kappa shape index (κ2) is 9.51. The van der Waals surface area contributed by atoms with Gasteiger partial charge in [0, 0.05) is 18.1 Å². The van der Waals surface area contributed by atoms with Crippen LogP contribution in [0.3, 0.4) is 0 Å². The van der Waals surface area contributed by atoms with Gasteiger partial charge < -0.3 is 15.5 Å². The fourth-order valence-electron chi connectivity index (χ4n) is 3.98. The van der Waals surface area contributed by atoms with Gasteiger partial charge in [-0.1, -0.05) is 30.3 Å². The molecule has 0 saturated carbocycles. The van der Waals surface area contributed by atoms with E-state index in [2.05, 4.69) is 10.6 Å². The molecule has 0 bridgehead atoms. The van der Waals surface area contributed by atoms with Crippen LogP contribution >= 0.6 is 23.5 Å². The Bertz CT molecular complexity index is 754. The van der Waals surface area contributed by atoms with Crippen molar-refractivity contribution in [3.05, 3.63) is 35.9 Å². The molecule has 1 unspecified atom stereocenters. The van der Waals surface area contributed by atoms with E-state index in [0.29, 0.717) is 19.4 Å². The van der Waals surface area contributed by atoms with Gasteiger partial charge >= 0.3 is 11.9 Å². The van der Waals surface area contributed by atoms with Crippen molar-refractivity contribution in [1.82, 2.24) is 10.6 Å². The standard InChI is InChI=1S/C20H26N2O5S2/c1-12(22-14(18(24)25)8-7-13-5-3-2-4-6-13)17(23)15-16(19(26)27)21-11-20(15)28-9-10-29-20/h2-6,12,14-16,21-22H,7-11H2,1H3,(H,24,25)(H,26,27)/t12-,14-,15?,16-/m0/s1. The zero-order chi connectivity index (χ0) is 21.0. The van der Waals surface area contributed by atoms with E-state index in [1.165, 1.54) is 0 Å². The molecule has 1 aromatic rings. The Hall–Kier alpha value is -1.55. The van der Waals surface area contributed by atoms with E-state index in [9.17, 15) is 24.6 Å². The fraction of sp³-hybridized carbons (Fsp3) is 0.550. The van der Waals surface area contributed by atoms with Crippen LogP contribution in [0.2, 0.25) is 0 Å². The van der Waals surface area contributed by atoms with Crippen LogP contribution in [-0.2, 0) is 20.8 Å². The van der Waals surface area contributed by atoms with E-state index in [1.807, 2.05) is 30.3 Å². The van der Waals surface area contributed by atoms with Crippen molar-refractivity contribution in [1.29, 1.82) is 0 Å². The fourth-order valence-corrected chi connectivity index (χ4v) is 7.41. The predicted octanol–water partition coefficient (Wildman–Crippen LogP) is 1.47. The molecule has 4 N–H and O–H groups in total. The van der Waals surface area contributed by atoms with Gasteiger partial charge in [0.25, 0.3) is 0 Å². The Labute approximate surface area is 178 Å². The lowest BCUT2D eigenvalue weighted by Crippen LogP contribution is -2.52. The lowest BCUT2D eigenvalue weighted by molar-refractivity contribution is -0.144. The second-order valence-electron chi connectivity index (χ2n) is 7.39. The third kappa shape index (κ3) is 4.96. The number of carbonyl (C=O) groups is 3. The molecule has 2 fully saturated rings. The Morgan fingerprint density at radius 1 is 1.21 bits per heavy atom. The molecular formula is C20H26N2O5S2. The minimum absolute atomic E-state index is 0.240. The summed E-state index contributed by atoms with van der Waals surface area (Å²) in [5.74, 6) is -1.25. The van der Waals surface area contributed by atoms with Gasteiger partial charge in [-0.15, -0.1) is 23.5 Å². The number of hydrogen-bond acceptors (Lipinski definition) is 7. The number of rotatable bonds is 9. The minimum atomic E-state index is -1.04. The zero-order valence-electron chi connectivity index (χ0n) is 16.2. The summed E-state index contributed by atoms with van der Waals surface area (Å²) in [5.41, 5.74) is 1.03. The topological polar surface area (TPSA) is 116 Å². The lowest BCUT2D eigenvalue weighted by atomic mass is 9.90. The number of aryl methyl sites for hydroxylation is 1. The molecule has 7 nitrogen and oxygen atoms in total. The summed E-state index contributed by atoms with van der Waals surface area (Å²) in [5, 5.41) is 25.1. The first-order valence-corrected chi connectivity index (χ1v) is 11.6. The average molecular weight is 439 g/mol. The summed E-state index contributed by atoms with van der Waals surface area (Å²) >= 11 is 3.26. The quantitative estimate of drug-likeness (QED) is 0.455. The largest absolute Gasteiger partial charge is 0.480 e. The number of carboxylic acids is 2. The number of thioether (sulfide) groups is 2. The molecule has 1 spiro atoms. The molecule has 0 radical (unpaired) electrons. The summed E-state index contributed by atoms with van der Waals surface area (Å²) in [7, 11) is 0. The van der Waals surface area contributed by atoms with Gasteiger partial charge in [0.2, 0.25) is 0 Å². The van der Waals surface area contributed by atoms with Crippen LogP contribution in [0.4, 0.5) is 0 Å². The molecule has 2 aliphatic heterocycles. The summed E-state index contributed by atoms with van der Waals surface area (Å²) in [6, 6.07) is 7.00. The second-order valence-corrected chi connectivity index (χ2v) is 10.5. The molecule has 158 valence electrons. The molecule has 0 amide bonds. The Kier molecular flexibility index (Phi) is 7.26. The average Bonchev–Trinajstić information content (AvgIpc) is 3.32. The van der Waals surface area contributed by atoms with E-state index >= 15 is 0 Å². The normalized spacial score (nSPS) is 25.0. The molecule has 9 heteroatoms. The molecular weight excluding hydrogens is 412 g/mol. The van der Waals surface area contributed by atoms with Gasteiger partial charge in [0.15, 0.2) is 5.78 Å². The Morgan fingerprint density at radius 2 is 1.86 bits per heavy atom. The maximum atomic E-state index is 13.3. The van der Waals surface area contributed by atoms with Crippen LogP contribution in [0, 0.1) is 5.92 Å². The van der Waals surface area contributed by atoms with E-state index in [1.54, 1.807) is 30.4 Å². The SMILES string of the molecule is C[C@H](N[C@@H](CCc1ccccc1)C(=O)O)C(=O)C1[C@@H](C(=O)O)NCC12SCCS2. The summed E-state index contributed by atoms with van der Waals surface area (Å²) in [4.78, 5) is 36.7. The Morgan fingerprint density at radius 3 is 2.45 bits per heavy atom. The summed E-state index contributed by atoms with van der Waals surface area (Å²) < 4.78 is -0.487. The third-order valence-corrected chi connectivity index (χ3v) is 9.02. The van der Waals surface area contributed by atoms with Crippen LogP contribution in [0.15, 0.2) is 30.3 Å². The van der Waals surface area contributed by atoms with Crippen molar-refractivity contribution < 1.29 is 24.6 Å². The van der Waals surface area contributed by atoms with E-state index < -0.39 is 40.1 Å². The molecule has 3 rings (SSSR count). The first kappa shape index (κ1) is 22.1. The lowest BCUT2D eigenvalue weighted by Gasteiger charge is -2.31. The van der Waals surface area contributed by atoms with Crippen molar-refractivity contribution in [2.75, 3.05) is 18.1 Å². The summed E-state index contributed by atoms with van der Waals surface area (Å²) in [6.45, 7) is 2.09. The number of Topliss-reactive ketones (excluding diaryl/α,β-unsaturated/α-hetero) is 1. The van der Waals surface area contributed by atoms with Crippen LogP contribution in [0.25, 0.3) is 0 Å². The number of benzene rings is 1.